The second kappa shape index (κ2) is 8.06. The van der Waals surface area contributed by atoms with Crippen molar-refractivity contribution in [3.63, 3.8) is 0 Å². The molecule has 1 rings (SSSR count). The molecule has 0 amide bonds. The van der Waals surface area contributed by atoms with Crippen LogP contribution in [0.3, 0.4) is 0 Å². The van der Waals surface area contributed by atoms with E-state index in [4.69, 9.17) is 9.47 Å². The summed E-state index contributed by atoms with van der Waals surface area (Å²) in [5.74, 6) is 0. The quantitative estimate of drug-likeness (QED) is 0.553. The fourth-order valence-corrected chi connectivity index (χ4v) is 2.87. The third-order valence-corrected chi connectivity index (χ3v) is 3.82. The van der Waals surface area contributed by atoms with E-state index in [0.717, 1.165) is 32.3 Å². The molecular formula is C14H28O3. The van der Waals surface area contributed by atoms with E-state index in [-0.39, 0.29) is 11.7 Å². The van der Waals surface area contributed by atoms with E-state index in [1.54, 1.807) is 7.11 Å². The number of ether oxygens (including phenoxy) is 2. The first kappa shape index (κ1) is 14.9. The van der Waals surface area contributed by atoms with Crippen LogP contribution in [0.25, 0.3) is 0 Å². The van der Waals surface area contributed by atoms with Crippen LogP contribution in [-0.4, -0.2) is 37.1 Å². The topological polar surface area (TPSA) is 38.7 Å². The van der Waals surface area contributed by atoms with E-state index in [1.165, 1.54) is 25.7 Å². The minimum absolute atomic E-state index is 0.279. The van der Waals surface area contributed by atoms with Crippen LogP contribution in [0.15, 0.2) is 0 Å². The number of aliphatic hydroxyl groups is 1. The standard InChI is InChI=1S/C14H28O3/c1-3-17-14(10-6-4-5-7-11-14)13(15)9-8-12-16-2/h13,15H,3-12H2,1-2H3. The molecule has 1 unspecified atom stereocenters. The molecule has 0 bridgehead atoms. The Bertz CT molecular complexity index is 186. The average molecular weight is 244 g/mol. The van der Waals surface area contributed by atoms with Gasteiger partial charge in [-0.3, -0.25) is 0 Å². The maximum Gasteiger partial charge on any atom is 0.0940 e. The van der Waals surface area contributed by atoms with Crippen molar-refractivity contribution < 1.29 is 14.6 Å². The first-order chi connectivity index (χ1) is 8.25. The number of rotatable bonds is 7. The maximum absolute atomic E-state index is 10.4. The summed E-state index contributed by atoms with van der Waals surface area (Å²) in [6.45, 7) is 3.44. The molecule has 1 aliphatic carbocycles. The molecule has 1 N–H and O–H groups in total. The highest BCUT2D eigenvalue weighted by Gasteiger charge is 2.38. The zero-order chi connectivity index (χ0) is 12.6. The minimum Gasteiger partial charge on any atom is -0.390 e. The van der Waals surface area contributed by atoms with Crippen molar-refractivity contribution >= 4 is 0 Å². The van der Waals surface area contributed by atoms with Gasteiger partial charge in [-0.2, -0.15) is 0 Å². The number of methoxy groups -OCH3 is 1. The Labute approximate surface area is 105 Å². The third-order valence-electron chi connectivity index (χ3n) is 3.82. The minimum atomic E-state index is -0.337. The summed E-state index contributed by atoms with van der Waals surface area (Å²) in [6.07, 6.45) is 8.29. The van der Waals surface area contributed by atoms with Gasteiger partial charge in [0.05, 0.1) is 11.7 Å². The lowest BCUT2D eigenvalue weighted by Crippen LogP contribution is -2.44. The van der Waals surface area contributed by atoms with Crippen molar-refractivity contribution in [2.24, 2.45) is 0 Å². The van der Waals surface area contributed by atoms with E-state index in [9.17, 15) is 5.11 Å². The molecule has 0 aromatic carbocycles. The van der Waals surface area contributed by atoms with Crippen molar-refractivity contribution in [2.75, 3.05) is 20.3 Å². The molecule has 1 atom stereocenters. The fourth-order valence-electron chi connectivity index (χ4n) is 2.87. The molecule has 17 heavy (non-hydrogen) atoms. The summed E-state index contributed by atoms with van der Waals surface area (Å²) >= 11 is 0. The van der Waals surface area contributed by atoms with Gasteiger partial charge in [-0.15, -0.1) is 0 Å². The number of hydrogen-bond acceptors (Lipinski definition) is 3. The van der Waals surface area contributed by atoms with Crippen LogP contribution >= 0.6 is 0 Å². The van der Waals surface area contributed by atoms with Crippen LogP contribution in [0, 0.1) is 0 Å². The predicted molar refractivity (Wildman–Crippen MR) is 69.2 cm³/mol. The molecule has 1 saturated carbocycles. The summed E-state index contributed by atoms with van der Waals surface area (Å²) in [5, 5.41) is 10.4. The summed E-state index contributed by atoms with van der Waals surface area (Å²) in [4.78, 5) is 0. The maximum atomic E-state index is 10.4. The van der Waals surface area contributed by atoms with Gasteiger partial charge in [0.1, 0.15) is 0 Å². The van der Waals surface area contributed by atoms with E-state index < -0.39 is 0 Å². The zero-order valence-electron chi connectivity index (χ0n) is 11.4. The van der Waals surface area contributed by atoms with Crippen molar-refractivity contribution in [3.8, 4) is 0 Å². The molecule has 1 fully saturated rings. The number of hydrogen-bond donors (Lipinski definition) is 1. The molecular weight excluding hydrogens is 216 g/mol. The Kier molecular flexibility index (Phi) is 7.09. The van der Waals surface area contributed by atoms with Crippen molar-refractivity contribution in [1.82, 2.24) is 0 Å². The highest BCUT2D eigenvalue weighted by molar-refractivity contribution is 4.90. The van der Waals surface area contributed by atoms with Gasteiger partial charge in [0.2, 0.25) is 0 Å². The van der Waals surface area contributed by atoms with E-state index in [2.05, 4.69) is 0 Å². The third kappa shape index (κ3) is 4.57. The second-order valence-electron chi connectivity index (χ2n) is 5.06. The summed E-state index contributed by atoms with van der Waals surface area (Å²) < 4.78 is 11.0. The van der Waals surface area contributed by atoms with Gasteiger partial charge >= 0.3 is 0 Å². The summed E-state index contributed by atoms with van der Waals surface area (Å²) in [5.41, 5.74) is -0.279. The first-order valence-corrected chi connectivity index (χ1v) is 7.06. The molecule has 0 aromatic rings. The van der Waals surface area contributed by atoms with Crippen molar-refractivity contribution in [3.05, 3.63) is 0 Å². The van der Waals surface area contributed by atoms with Gasteiger partial charge in [0.15, 0.2) is 0 Å². The fraction of sp³-hybridized carbons (Fsp3) is 1.00. The molecule has 1 aliphatic rings. The largest absolute Gasteiger partial charge is 0.390 e. The Morgan fingerprint density at radius 2 is 1.82 bits per heavy atom. The van der Waals surface area contributed by atoms with Crippen molar-refractivity contribution in [1.29, 1.82) is 0 Å². The van der Waals surface area contributed by atoms with E-state index in [0.29, 0.717) is 6.61 Å². The molecule has 0 radical (unpaired) electrons. The smallest absolute Gasteiger partial charge is 0.0940 e. The highest BCUT2D eigenvalue weighted by Crippen LogP contribution is 2.35. The highest BCUT2D eigenvalue weighted by atomic mass is 16.5. The van der Waals surface area contributed by atoms with Gasteiger partial charge in [-0.1, -0.05) is 25.7 Å². The van der Waals surface area contributed by atoms with Crippen molar-refractivity contribution in [2.45, 2.75) is 70.0 Å². The lowest BCUT2D eigenvalue weighted by molar-refractivity contribution is -0.132. The lowest BCUT2D eigenvalue weighted by atomic mass is 9.85. The molecule has 3 heteroatoms. The van der Waals surface area contributed by atoms with Crippen LogP contribution in [0.2, 0.25) is 0 Å². The van der Waals surface area contributed by atoms with Gasteiger partial charge in [-0.05, 0) is 32.6 Å². The predicted octanol–water partition coefficient (Wildman–Crippen LogP) is 2.90. The monoisotopic (exact) mass is 244 g/mol. The Hall–Kier alpha value is -0.120. The second-order valence-corrected chi connectivity index (χ2v) is 5.06. The normalized spacial score (nSPS) is 22.1. The molecule has 0 heterocycles. The van der Waals surface area contributed by atoms with Gasteiger partial charge < -0.3 is 14.6 Å². The molecule has 3 nitrogen and oxygen atoms in total. The lowest BCUT2D eigenvalue weighted by Gasteiger charge is -2.37. The molecule has 0 aliphatic heterocycles. The van der Waals surface area contributed by atoms with Crippen LogP contribution in [0.5, 0.6) is 0 Å². The van der Waals surface area contributed by atoms with Gasteiger partial charge in [-0.25, -0.2) is 0 Å². The molecule has 102 valence electrons. The summed E-state index contributed by atoms with van der Waals surface area (Å²) in [7, 11) is 1.70. The molecule has 0 spiro atoms. The van der Waals surface area contributed by atoms with Crippen LogP contribution in [0.4, 0.5) is 0 Å². The molecule has 0 aromatic heterocycles. The molecule has 0 saturated heterocycles. The van der Waals surface area contributed by atoms with E-state index >= 15 is 0 Å². The SMILES string of the molecule is CCOC1(C(O)CCCOC)CCCCCC1. The Morgan fingerprint density at radius 1 is 1.18 bits per heavy atom. The number of aliphatic hydroxyl groups excluding tert-OH is 1. The Balaban J connectivity index is 2.54. The first-order valence-electron chi connectivity index (χ1n) is 7.06. The summed E-state index contributed by atoms with van der Waals surface area (Å²) in [6, 6.07) is 0. The van der Waals surface area contributed by atoms with Gasteiger partial charge in [0, 0.05) is 20.3 Å². The average Bonchev–Trinajstić information content (AvgIpc) is 2.56. The zero-order valence-corrected chi connectivity index (χ0v) is 11.4. The van der Waals surface area contributed by atoms with Gasteiger partial charge in [0.25, 0.3) is 0 Å². The Morgan fingerprint density at radius 3 is 2.35 bits per heavy atom. The van der Waals surface area contributed by atoms with Crippen LogP contribution < -0.4 is 0 Å². The van der Waals surface area contributed by atoms with Crippen LogP contribution in [0.1, 0.15) is 58.3 Å². The van der Waals surface area contributed by atoms with Crippen LogP contribution in [-0.2, 0) is 9.47 Å². The van der Waals surface area contributed by atoms with E-state index in [1.807, 2.05) is 6.92 Å².